The standard InChI is InChI=1S/C11H14O4/c1-15-9-5-2-8(3-6-9)4-7-10(12)11(13)14/h2-3,5-6,10,12H,4,7H2,1H3,(H,13,14)/t10-/m1/s1. The minimum absolute atomic E-state index is 0.224. The van der Waals surface area contributed by atoms with Crippen molar-refractivity contribution in [3.63, 3.8) is 0 Å². The Hall–Kier alpha value is -1.55. The van der Waals surface area contributed by atoms with Crippen LogP contribution < -0.4 is 4.74 Å². The van der Waals surface area contributed by atoms with E-state index in [2.05, 4.69) is 0 Å². The molecular weight excluding hydrogens is 196 g/mol. The van der Waals surface area contributed by atoms with E-state index in [1.807, 2.05) is 24.3 Å². The van der Waals surface area contributed by atoms with E-state index in [4.69, 9.17) is 14.9 Å². The number of methoxy groups -OCH3 is 1. The predicted molar refractivity (Wildman–Crippen MR) is 55.0 cm³/mol. The van der Waals surface area contributed by atoms with Gasteiger partial charge in [-0.25, -0.2) is 4.79 Å². The van der Waals surface area contributed by atoms with Gasteiger partial charge in [-0.05, 0) is 30.5 Å². The molecule has 0 saturated carbocycles. The first-order valence-electron chi connectivity index (χ1n) is 4.67. The number of carbonyl (C=O) groups is 1. The lowest BCUT2D eigenvalue weighted by molar-refractivity contribution is -0.146. The molecule has 0 heterocycles. The van der Waals surface area contributed by atoms with Crippen LogP contribution >= 0.6 is 0 Å². The van der Waals surface area contributed by atoms with Crippen LogP contribution in [0.15, 0.2) is 24.3 Å². The van der Waals surface area contributed by atoms with Gasteiger partial charge in [-0.1, -0.05) is 12.1 Å². The molecule has 0 aliphatic carbocycles. The highest BCUT2D eigenvalue weighted by Gasteiger charge is 2.12. The van der Waals surface area contributed by atoms with Gasteiger partial charge in [0.25, 0.3) is 0 Å². The van der Waals surface area contributed by atoms with Crippen LogP contribution in [0.1, 0.15) is 12.0 Å². The van der Waals surface area contributed by atoms with Crippen molar-refractivity contribution in [1.82, 2.24) is 0 Å². The molecule has 0 amide bonds. The Kier molecular flexibility index (Phi) is 4.12. The third-order valence-corrected chi connectivity index (χ3v) is 2.15. The lowest BCUT2D eigenvalue weighted by Gasteiger charge is -2.05. The molecule has 4 heteroatoms. The number of benzene rings is 1. The summed E-state index contributed by atoms with van der Waals surface area (Å²) in [6, 6.07) is 7.33. The van der Waals surface area contributed by atoms with Gasteiger partial charge >= 0.3 is 5.97 Å². The van der Waals surface area contributed by atoms with Gasteiger partial charge in [0.15, 0.2) is 6.10 Å². The fraction of sp³-hybridized carbons (Fsp3) is 0.364. The monoisotopic (exact) mass is 210 g/mol. The lowest BCUT2D eigenvalue weighted by atomic mass is 10.1. The summed E-state index contributed by atoms with van der Waals surface area (Å²) in [5.74, 6) is -0.416. The highest BCUT2D eigenvalue weighted by atomic mass is 16.5. The highest BCUT2D eigenvalue weighted by molar-refractivity contribution is 5.71. The summed E-state index contributed by atoms with van der Waals surface area (Å²) in [4.78, 5) is 10.4. The van der Waals surface area contributed by atoms with E-state index >= 15 is 0 Å². The van der Waals surface area contributed by atoms with Crippen molar-refractivity contribution in [1.29, 1.82) is 0 Å². The Bertz CT molecular complexity index is 318. The van der Waals surface area contributed by atoms with Crippen molar-refractivity contribution in [3.05, 3.63) is 29.8 Å². The van der Waals surface area contributed by atoms with Crippen molar-refractivity contribution in [3.8, 4) is 5.75 Å². The van der Waals surface area contributed by atoms with Crippen LogP contribution in [0.25, 0.3) is 0 Å². The Morgan fingerprint density at radius 1 is 1.40 bits per heavy atom. The molecule has 0 bridgehead atoms. The molecule has 1 aromatic rings. The molecule has 4 nitrogen and oxygen atoms in total. The van der Waals surface area contributed by atoms with Gasteiger partial charge in [0.05, 0.1) is 7.11 Å². The van der Waals surface area contributed by atoms with Gasteiger partial charge in [-0.15, -0.1) is 0 Å². The second kappa shape index (κ2) is 5.36. The van der Waals surface area contributed by atoms with Crippen molar-refractivity contribution < 1.29 is 19.7 Å². The normalized spacial score (nSPS) is 12.1. The quantitative estimate of drug-likeness (QED) is 0.763. The maximum absolute atomic E-state index is 10.4. The van der Waals surface area contributed by atoms with Crippen LogP contribution in [0.2, 0.25) is 0 Å². The lowest BCUT2D eigenvalue weighted by Crippen LogP contribution is -2.19. The minimum Gasteiger partial charge on any atom is -0.497 e. The molecule has 1 rings (SSSR count). The third kappa shape index (κ3) is 3.59. The van der Waals surface area contributed by atoms with Gasteiger partial charge in [-0.3, -0.25) is 0 Å². The van der Waals surface area contributed by atoms with Gasteiger partial charge in [0, 0.05) is 0 Å². The fourth-order valence-electron chi connectivity index (χ4n) is 1.22. The Labute approximate surface area is 88.1 Å². The van der Waals surface area contributed by atoms with E-state index in [-0.39, 0.29) is 6.42 Å². The number of hydrogen-bond acceptors (Lipinski definition) is 3. The second-order valence-corrected chi connectivity index (χ2v) is 3.24. The van der Waals surface area contributed by atoms with Crippen LogP contribution in [-0.2, 0) is 11.2 Å². The van der Waals surface area contributed by atoms with Crippen molar-refractivity contribution in [2.24, 2.45) is 0 Å². The highest BCUT2D eigenvalue weighted by Crippen LogP contribution is 2.13. The average molecular weight is 210 g/mol. The second-order valence-electron chi connectivity index (χ2n) is 3.24. The summed E-state index contributed by atoms with van der Waals surface area (Å²) < 4.78 is 4.99. The molecule has 0 fully saturated rings. The minimum atomic E-state index is -1.29. The van der Waals surface area contributed by atoms with Crippen molar-refractivity contribution >= 4 is 5.97 Å². The van der Waals surface area contributed by atoms with Crippen LogP contribution in [0.3, 0.4) is 0 Å². The zero-order chi connectivity index (χ0) is 11.3. The van der Waals surface area contributed by atoms with Gasteiger partial charge < -0.3 is 14.9 Å². The summed E-state index contributed by atoms with van der Waals surface area (Å²) in [5.41, 5.74) is 0.983. The molecule has 0 aliphatic rings. The average Bonchev–Trinajstić information content (AvgIpc) is 2.26. The summed E-state index contributed by atoms with van der Waals surface area (Å²) in [6.07, 6.45) is -0.522. The largest absolute Gasteiger partial charge is 0.497 e. The number of aliphatic hydroxyl groups excluding tert-OH is 1. The van der Waals surface area contributed by atoms with Crippen LogP contribution in [-0.4, -0.2) is 29.4 Å². The van der Waals surface area contributed by atoms with Crippen molar-refractivity contribution in [2.75, 3.05) is 7.11 Å². The number of carboxylic acid groups (broad SMARTS) is 1. The third-order valence-electron chi connectivity index (χ3n) is 2.15. The number of ether oxygens (including phenoxy) is 1. The van der Waals surface area contributed by atoms with Crippen molar-refractivity contribution in [2.45, 2.75) is 18.9 Å². The molecule has 0 aliphatic heterocycles. The first-order chi connectivity index (χ1) is 7.13. The maximum Gasteiger partial charge on any atom is 0.332 e. The molecule has 0 spiro atoms. The zero-order valence-electron chi connectivity index (χ0n) is 8.51. The van der Waals surface area contributed by atoms with E-state index in [9.17, 15) is 4.79 Å². The number of hydrogen-bond donors (Lipinski definition) is 2. The van der Waals surface area contributed by atoms with E-state index in [1.54, 1.807) is 7.11 Å². The molecule has 0 aromatic heterocycles. The summed E-state index contributed by atoms with van der Waals surface area (Å²) >= 11 is 0. The molecule has 2 N–H and O–H groups in total. The molecule has 0 saturated heterocycles. The number of aliphatic hydroxyl groups is 1. The molecule has 0 unspecified atom stereocenters. The first kappa shape index (κ1) is 11.5. The van der Waals surface area contributed by atoms with E-state index in [1.165, 1.54) is 0 Å². The first-order valence-corrected chi connectivity index (χ1v) is 4.67. The summed E-state index contributed by atoms with van der Waals surface area (Å²) in [5, 5.41) is 17.5. The number of aliphatic carboxylic acids is 1. The topological polar surface area (TPSA) is 66.8 Å². The number of rotatable bonds is 5. The molecular formula is C11H14O4. The molecule has 1 atom stereocenters. The van der Waals surface area contributed by atoms with Gasteiger partial charge in [0.2, 0.25) is 0 Å². The molecule has 15 heavy (non-hydrogen) atoms. The Balaban J connectivity index is 2.47. The molecule has 82 valence electrons. The summed E-state index contributed by atoms with van der Waals surface area (Å²) in [7, 11) is 1.59. The van der Waals surface area contributed by atoms with Crippen LogP contribution in [0.5, 0.6) is 5.75 Å². The molecule has 1 aromatic carbocycles. The Morgan fingerprint density at radius 3 is 2.47 bits per heavy atom. The molecule has 0 radical (unpaired) electrons. The van der Waals surface area contributed by atoms with Crippen LogP contribution in [0.4, 0.5) is 0 Å². The van der Waals surface area contributed by atoms with Crippen LogP contribution in [0, 0.1) is 0 Å². The van der Waals surface area contributed by atoms with E-state index in [0.717, 1.165) is 11.3 Å². The van der Waals surface area contributed by atoms with Gasteiger partial charge in [0.1, 0.15) is 5.75 Å². The SMILES string of the molecule is COc1ccc(CC[C@@H](O)C(=O)O)cc1. The zero-order valence-corrected chi connectivity index (χ0v) is 8.51. The summed E-state index contributed by atoms with van der Waals surface area (Å²) in [6.45, 7) is 0. The smallest absolute Gasteiger partial charge is 0.332 e. The predicted octanol–water partition coefficient (Wildman–Crippen LogP) is 1.07. The van der Waals surface area contributed by atoms with E-state index < -0.39 is 12.1 Å². The maximum atomic E-state index is 10.4. The fourth-order valence-corrected chi connectivity index (χ4v) is 1.22. The van der Waals surface area contributed by atoms with E-state index in [0.29, 0.717) is 6.42 Å². The van der Waals surface area contributed by atoms with Gasteiger partial charge in [-0.2, -0.15) is 0 Å². The number of aryl methyl sites for hydroxylation is 1. The Morgan fingerprint density at radius 2 is 2.00 bits per heavy atom. The number of carboxylic acids is 1.